The Morgan fingerprint density at radius 2 is 2.00 bits per heavy atom. The van der Waals surface area contributed by atoms with E-state index in [-0.39, 0.29) is 12.0 Å². The highest BCUT2D eigenvalue weighted by Crippen LogP contribution is 2.38. The Kier molecular flexibility index (Phi) is 4.88. The molecule has 0 bridgehead atoms. The van der Waals surface area contributed by atoms with E-state index >= 15 is 0 Å². The second-order valence-electron chi connectivity index (χ2n) is 5.91. The maximum atomic E-state index is 13.7. The van der Waals surface area contributed by atoms with Crippen LogP contribution in [0.25, 0.3) is 0 Å². The molecule has 0 heterocycles. The lowest BCUT2D eigenvalue weighted by Gasteiger charge is -2.33. The van der Waals surface area contributed by atoms with E-state index in [0.717, 1.165) is 37.8 Å². The van der Waals surface area contributed by atoms with E-state index in [0.29, 0.717) is 11.5 Å². The van der Waals surface area contributed by atoms with Gasteiger partial charge in [0.1, 0.15) is 5.82 Å². The SMILES string of the molecule is CC1CCCC(C(NN)c2ccc(C(F)(F)F)c(F)c2)C1. The highest BCUT2D eigenvalue weighted by atomic mass is 19.4. The molecule has 0 radical (unpaired) electrons. The molecule has 21 heavy (non-hydrogen) atoms. The highest BCUT2D eigenvalue weighted by molar-refractivity contribution is 5.29. The predicted molar refractivity (Wildman–Crippen MR) is 72.6 cm³/mol. The normalized spacial score (nSPS) is 24.9. The predicted octanol–water partition coefficient (Wildman–Crippen LogP) is 4.18. The summed E-state index contributed by atoms with van der Waals surface area (Å²) in [6, 6.07) is 2.74. The molecule has 3 unspecified atom stereocenters. The molecule has 1 fully saturated rings. The Morgan fingerprint density at radius 1 is 1.29 bits per heavy atom. The number of alkyl halides is 3. The van der Waals surface area contributed by atoms with Crippen molar-refractivity contribution in [1.82, 2.24) is 5.43 Å². The van der Waals surface area contributed by atoms with Gasteiger partial charge in [-0.3, -0.25) is 11.3 Å². The minimum atomic E-state index is -4.67. The van der Waals surface area contributed by atoms with Crippen LogP contribution in [0.2, 0.25) is 0 Å². The number of halogens is 4. The highest BCUT2D eigenvalue weighted by Gasteiger charge is 2.35. The van der Waals surface area contributed by atoms with Gasteiger partial charge in [-0.25, -0.2) is 4.39 Å². The zero-order valence-corrected chi connectivity index (χ0v) is 11.9. The first-order valence-corrected chi connectivity index (χ1v) is 7.15. The molecule has 1 saturated carbocycles. The average molecular weight is 304 g/mol. The van der Waals surface area contributed by atoms with E-state index in [9.17, 15) is 17.6 Å². The van der Waals surface area contributed by atoms with Crippen LogP contribution < -0.4 is 11.3 Å². The summed E-state index contributed by atoms with van der Waals surface area (Å²) in [5.74, 6) is 5.09. The molecule has 0 saturated heterocycles. The molecule has 1 aliphatic rings. The van der Waals surface area contributed by atoms with E-state index in [2.05, 4.69) is 12.3 Å². The Bertz CT molecular complexity index is 487. The van der Waals surface area contributed by atoms with Crippen molar-refractivity contribution in [2.24, 2.45) is 17.7 Å². The van der Waals surface area contributed by atoms with Crippen LogP contribution in [0.5, 0.6) is 0 Å². The molecule has 3 atom stereocenters. The van der Waals surface area contributed by atoms with Crippen molar-refractivity contribution in [3.8, 4) is 0 Å². The van der Waals surface area contributed by atoms with Gasteiger partial charge in [-0.05, 0) is 42.4 Å². The summed E-state index contributed by atoms with van der Waals surface area (Å²) in [7, 11) is 0. The summed E-state index contributed by atoms with van der Waals surface area (Å²) in [5, 5.41) is 0. The van der Waals surface area contributed by atoms with Crippen LogP contribution in [0.1, 0.15) is 49.8 Å². The first kappa shape index (κ1) is 16.2. The van der Waals surface area contributed by atoms with Crippen LogP contribution in [0.4, 0.5) is 17.6 Å². The number of hydrazine groups is 1. The van der Waals surface area contributed by atoms with Crippen molar-refractivity contribution in [3.05, 3.63) is 35.1 Å². The lowest BCUT2D eigenvalue weighted by molar-refractivity contribution is -0.140. The number of nitrogens with one attached hydrogen (secondary N) is 1. The largest absolute Gasteiger partial charge is 0.419 e. The Morgan fingerprint density at radius 3 is 2.52 bits per heavy atom. The van der Waals surface area contributed by atoms with Crippen LogP contribution in [0, 0.1) is 17.7 Å². The summed E-state index contributed by atoms with van der Waals surface area (Å²) in [6.07, 6.45) is -0.574. The van der Waals surface area contributed by atoms with E-state index in [1.807, 2.05) is 0 Å². The Labute approximate surface area is 121 Å². The third kappa shape index (κ3) is 3.74. The van der Waals surface area contributed by atoms with Crippen LogP contribution in [-0.4, -0.2) is 0 Å². The zero-order valence-electron chi connectivity index (χ0n) is 11.9. The number of nitrogens with two attached hydrogens (primary N) is 1. The van der Waals surface area contributed by atoms with Gasteiger partial charge in [0.25, 0.3) is 0 Å². The maximum absolute atomic E-state index is 13.7. The van der Waals surface area contributed by atoms with E-state index in [1.54, 1.807) is 0 Å². The maximum Gasteiger partial charge on any atom is 0.419 e. The molecular weight excluding hydrogens is 284 g/mol. The van der Waals surface area contributed by atoms with Gasteiger partial charge in [0, 0.05) is 6.04 Å². The Hall–Kier alpha value is -1.14. The van der Waals surface area contributed by atoms with Gasteiger partial charge in [-0.15, -0.1) is 0 Å². The lowest BCUT2D eigenvalue weighted by atomic mass is 9.77. The fourth-order valence-electron chi connectivity index (χ4n) is 3.24. The zero-order chi connectivity index (χ0) is 15.6. The molecule has 0 spiro atoms. The molecule has 0 aliphatic heterocycles. The molecule has 1 aromatic carbocycles. The molecule has 0 amide bonds. The number of benzene rings is 1. The quantitative estimate of drug-likeness (QED) is 0.499. The topological polar surface area (TPSA) is 38.0 Å². The molecule has 1 aromatic rings. The van der Waals surface area contributed by atoms with Crippen LogP contribution in [-0.2, 0) is 6.18 Å². The molecule has 6 heteroatoms. The van der Waals surface area contributed by atoms with Crippen molar-refractivity contribution in [1.29, 1.82) is 0 Å². The third-order valence-corrected chi connectivity index (χ3v) is 4.29. The van der Waals surface area contributed by atoms with Crippen molar-refractivity contribution in [3.63, 3.8) is 0 Å². The van der Waals surface area contributed by atoms with Crippen LogP contribution in [0.15, 0.2) is 18.2 Å². The average Bonchev–Trinajstić information content (AvgIpc) is 2.38. The van der Waals surface area contributed by atoms with Crippen molar-refractivity contribution < 1.29 is 17.6 Å². The molecular formula is C15H20F4N2. The third-order valence-electron chi connectivity index (χ3n) is 4.29. The molecule has 3 N–H and O–H groups in total. The molecule has 0 aromatic heterocycles. The van der Waals surface area contributed by atoms with Gasteiger partial charge in [-0.2, -0.15) is 13.2 Å². The van der Waals surface area contributed by atoms with Crippen molar-refractivity contribution >= 4 is 0 Å². The minimum absolute atomic E-state index is 0.217. The summed E-state index contributed by atoms with van der Waals surface area (Å²) in [5.41, 5.74) is 1.88. The Balaban J connectivity index is 2.24. The van der Waals surface area contributed by atoms with Gasteiger partial charge in [0.15, 0.2) is 0 Å². The van der Waals surface area contributed by atoms with E-state index in [4.69, 9.17) is 5.84 Å². The van der Waals surface area contributed by atoms with Gasteiger partial charge >= 0.3 is 6.18 Å². The lowest BCUT2D eigenvalue weighted by Crippen LogP contribution is -2.35. The van der Waals surface area contributed by atoms with Crippen LogP contribution >= 0.6 is 0 Å². The van der Waals surface area contributed by atoms with Gasteiger partial charge in [0.05, 0.1) is 5.56 Å². The summed E-state index contributed by atoms with van der Waals surface area (Å²) in [6.45, 7) is 2.15. The van der Waals surface area contributed by atoms with Gasteiger partial charge in [-0.1, -0.05) is 25.8 Å². The number of hydrogen-bond donors (Lipinski definition) is 2. The first-order valence-electron chi connectivity index (χ1n) is 7.15. The summed E-state index contributed by atoms with van der Waals surface area (Å²) in [4.78, 5) is 0. The van der Waals surface area contributed by atoms with Crippen molar-refractivity contribution in [2.45, 2.75) is 44.8 Å². The van der Waals surface area contributed by atoms with Crippen LogP contribution in [0.3, 0.4) is 0 Å². The number of rotatable bonds is 3. The number of hydrogen-bond acceptors (Lipinski definition) is 2. The standard InChI is InChI=1S/C15H20F4N2/c1-9-3-2-4-10(7-9)14(21-20)11-5-6-12(13(16)8-11)15(17,18)19/h5-6,8-10,14,21H,2-4,7,20H2,1H3. The molecule has 1 aliphatic carbocycles. The fraction of sp³-hybridized carbons (Fsp3) is 0.600. The summed E-state index contributed by atoms with van der Waals surface area (Å²) < 4.78 is 51.5. The molecule has 118 valence electrons. The second kappa shape index (κ2) is 6.32. The first-order chi connectivity index (χ1) is 9.82. The van der Waals surface area contributed by atoms with Crippen molar-refractivity contribution in [2.75, 3.05) is 0 Å². The monoisotopic (exact) mass is 304 g/mol. The summed E-state index contributed by atoms with van der Waals surface area (Å²) >= 11 is 0. The van der Waals surface area contributed by atoms with E-state index < -0.39 is 17.6 Å². The second-order valence-corrected chi connectivity index (χ2v) is 5.91. The molecule has 2 rings (SSSR count). The minimum Gasteiger partial charge on any atom is -0.271 e. The van der Waals surface area contributed by atoms with E-state index in [1.165, 1.54) is 6.07 Å². The smallest absolute Gasteiger partial charge is 0.271 e. The van der Waals surface area contributed by atoms with Gasteiger partial charge < -0.3 is 0 Å². The molecule has 2 nitrogen and oxygen atoms in total. The fourth-order valence-corrected chi connectivity index (χ4v) is 3.24. The van der Waals surface area contributed by atoms with Gasteiger partial charge in [0.2, 0.25) is 0 Å².